The van der Waals surface area contributed by atoms with Gasteiger partial charge in [-0.05, 0) is 31.0 Å². The molecule has 1 aromatic heterocycles. The van der Waals surface area contributed by atoms with E-state index in [0.29, 0.717) is 41.7 Å². The number of nitrogens with zero attached hydrogens (tertiary/aromatic N) is 2. The van der Waals surface area contributed by atoms with Crippen LogP contribution < -0.4 is 14.8 Å². The Kier molecular flexibility index (Phi) is 4.04. The van der Waals surface area contributed by atoms with E-state index in [0.717, 1.165) is 19.4 Å². The van der Waals surface area contributed by atoms with Gasteiger partial charge in [-0.1, -0.05) is 5.16 Å². The highest BCUT2D eigenvalue weighted by Crippen LogP contribution is 2.32. The van der Waals surface area contributed by atoms with E-state index in [1.54, 1.807) is 18.2 Å². The lowest BCUT2D eigenvalue weighted by Crippen LogP contribution is -2.25. The molecule has 2 aliphatic rings. The summed E-state index contributed by atoms with van der Waals surface area (Å²) in [6.45, 7) is 1.33. The third-order valence-electron chi connectivity index (χ3n) is 3.96. The Morgan fingerprint density at radius 1 is 1.29 bits per heavy atom. The van der Waals surface area contributed by atoms with Crippen molar-refractivity contribution in [1.82, 2.24) is 15.5 Å². The van der Waals surface area contributed by atoms with Gasteiger partial charge in [0.2, 0.25) is 6.79 Å². The summed E-state index contributed by atoms with van der Waals surface area (Å²) < 4.78 is 21.2. The zero-order chi connectivity index (χ0) is 16.4. The van der Waals surface area contributed by atoms with Gasteiger partial charge in [0.05, 0.1) is 0 Å². The predicted molar refractivity (Wildman–Crippen MR) is 80.8 cm³/mol. The number of carbonyl (C=O) groups excluding carboxylic acids is 1. The number of fused-ring (bicyclic) bond motifs is 1. The molecule has 3 heterocycles. The number of hydrogen-bond donors (Lipinski definition) is 1. The summed E-state index contributed by atoms with van der Waals surface area (Å²) in [5, 5.41) is 6.75. The number of aromatic nitrogens is 2. The molecule has 0 radical (unpaired) electrons. The highest BCUT2D eigenvalue weighted by atomic mass is 16.7. The first-order valence-electron chi connectivity index (χ1n) is 7.91. The topological polar surface area (TPSA) is 95.7 Å². The van der Waals surface area contributed by atoms with Crippen molar-refractivity contribution in [2.75, 3.05) is 19.9 Å². The Morgan fingerprint density at radius 3 is 3.08 bits per heavy atom. The number of rotatable bonds is 5. The zero-order valence-electron chi connectivity index (χ0n) is 13.0. The minimum Gasteiger partial charge on any atom is -0.454 e. The van der Waals surface area contributed by atoms with Gasteiger partial charge in [-0.2, -0.15) is 4.98 Å². The molecule has 8 heteroatoms. The van der Waals surface area contributed by atoms with Crippen LogP contribution in [0.15, 0.2) is 22.7 Å². The van der Waals surface area contributed by atoms with Crippen LogP contribution in [0.3, 0.4) is 0 Å². The van der Waals surface area contributed by atoms with Crippen molar-refractivity contribution < 1.29 is 23.5 Å². The first-order valence-corrected chi connectivity index (χ1v) is 7.91. The Morgan fingerprint density at radius 2 is 2.21 bits per heavy atom. The summed E-state index contributed by atoms with van der Waals surface area (Å²) >= 11 is 0. The highest BCUT2D eigenvalue weighted by Gasteiger charge is 2.23. The summed E-state index contributed by atoms with van der Waals surface area (Å²) in [5.74, 6) is 2.13. The molecule has 2 aromatic rings. The number of benzene rings is 1. The molecule has 2 aliphatic heterocycles. The maximum atomic E-state index is 12.2. The molecular formula is C16H17N3O5. The number of hydrogen-bond acceptors (Lipinski definition) is 7. The molecule has 0 bridgehead atoms. The molecule has 126 valence electrons. The van der Waals surface area contributed by atoms with Crippen LogP contribution in [-0.4, -0.2) is 36.0 Å². The Bertz CT molecular complexity index is 739. The van der Waals surface area contributed by atoms with E-state index in [1.165, 1.54) is 0 Å². The Labute approximate surface area is 138 Å². The predicted octanol–water partition coefficient (Wildman–Crippen LogP) is 1.62. The summed E-state index contributed by atoms with van der Waals surface area (Å²) in [7, 11) is 0. The normalized spacial score (nSPS) is 18.8. The van der Waals surface area contributed by atoms with Crippen molar-refractivity contribution in [3.63, 3.8) is 0 Å². The molecule has 1 aromatic carbocycles. The fraction of sp³-hybridized carbons (Fsp3) is 0.438. The number of ether oxygens (including phenoxy) is 3. The number of nitrogens with one attached hydrogen (secondary N) is 1. The molecule has 0 saturated carbocycles. The van der Waals surface area contributed by atoms with Crippen molar-refractivity contribution in [3.05, 3.63) is 35.5 Å². The molecule has 0 spiro atoms. The van der Waals surface area contributed by atoms with Gasteiger partial charge in [-0.3, -0.25) is 4.79 Å². The van der Waals surface area contributed by atoms with Crippen LogP contribution in [0, 0.1) is 0 Å². The molecule has 1 saturated heterocycles. The van der Waals surface area contributed by atoms with Crippen molar-refractivity contribution in [3.8, 4) is 11.5 Å². The third kappa shape index (κ3) is 3.05. The van der Waals surface area contributed by atoms with E-state index < -0.39 is 0 Å². The van der Waals surface area contributed by atoms with Gasteiger partial charge >= 0.3 is 0 Å². The Hall–Kier alpha value is -2.61. The molecule has 1 fully saturated rings. The fourth-order valence-electron chi connectivity index (χ4n) is 2.70. The van der Waals surface area contributed by atoms with E-state index in [-0.39, 0.29) is 18.8 Å². The van der Waals surface area contributed by atoms with Crippen LogP contribution in [0.1, 0.15) is 41.0 Å². The lowest BCUT2D eigenvalue weighted by atomic mass is 10.2. The van der Waals surface area contributed by atoms with Gasteiger partial charge < -0.3 is 24.1 Å². The van der Waals surface area contributed by atoms with E-state index >= 15 is 0 Å². The number of carbonyl (C=O) groups is 1. The molecular weight excluding hydrogens is 314 g/mol. The molecule has 1 N–H and O–H groups in total. The van der Waals surface area contributed by atoms with Gasteiger partial charge in [0.25, 0.3) is 11.8 Å². The van der Waals surface area contributed by atoms with Crippen molar-refractivity contribution in [2.45, 2.75) is 25.4 Å². The summed E-state index contributed by atoms with van der Waals surface area (Å²) in [5.41, 5.74) is 0.521. The van der Waals surface area contributed by atoms with Crippen LogP contribution in [0.25, 0.3) is 0 Å². The maximum Gasteiger partial charge on any atom is 0.255 e. The molecule has 8 nitrogen and oxygen atoms in total. The highest BCUT2D eigenvalue weighted by molar-refractivity contribution is 5.94. The van der Waals surface area contributed by atoms with E-state index in [9.17, 15) is 4.79 Å². The second-order valence-corrected chi connectivity index (χ2v) is 5.62. The quantitative estimate of drug-likeness (QED) is 0.889. The minimum absolute atomic E-state index is 0.0885. The molecule has 0 aliphatic carbocycles. The maximum absolute atomic E-state index is 12.2. The summed E-state index contributed by atoms with van der Waals surface area (Å²) in [4.78, 5) is 16.5. The molecule has 4 rings (SSSR count). The largest absolute Gasteiger partial charge is 0.454 e. The average molecular weight is 331 g/mol. The second-order valence-electron chi connectivity index (χ2n) is 5.62. The third-order valence-corrected chi connectivity index (χ3v) is 3.96. The first-order chi connectivity index (χ1) is 11.8. The minimum atomic E-state index is -0.184. The molecule has 1 amide bonds. The van der Waals surface area contributed by atoms with Gasteiger partial charge in [0, 0.05) is 25.1 Å². The lowest BCUT2D eigenvalue weighted by Gasteiger charge is -2.04. The Balaban J connectivity index is 1.30. The monoisotopic (exact) mass is 331 g/mol. The van der Waals surface area contributed by atoms with Gasteiger partial charge in [0.15, 0.2) is 17.3 Å². The lowest BCUT2D eigenvalue weighted by molar-refractivity contribution is 0.0835. The SMILES string of the molecule is O=C(NCCc1noc(C2CCCO2)n1)c1ccc2c(c1)OCO2. The van der Waals surface area contributed by atoms with E-state index in [2.05, 4.69) is 15.5 Å². The van der Waals surface area contributed by atoms with Crippen LogP contribution in [0.5, 0.6) is 11.5 Å². The zero-order valence-corrected chi connectivity index (χ0v) is 13.0. The molecule has 1 atom stereocenters. The van der Waals surface area contributed by atoms with Crippen molar-refractivity contribution in [2.24, 2.45) is 0 Å². The van der Waals surface area contributed by atoms with E-state index in [4.69, 9.17) is 18.7 Å². The fourth-order valence-corrected chi connectivity index (χ4v) is 2.70. The van der Waals surface area contributed by atoms with Crippen LogP contribution in [0.2, 0.25) is 0 Å². The van der Waals surface area contributed by atoms with Crippen molar-refractivity contribution in [1.29, 1.82) is 0 Å². The standard InChI is InChI=1S/C16H17N3O5/c20-15(10-3-4-11-13(8-10)23-9-22-11)17-6-5-14-18-16(24-19-14)12-2-1-7-21-12/h3-4,8,12H,1-2,5-7,9H2,(H,17,20). The molecule has 24 heavy (non-hydrogen) atoms. The first kappa shape index (κ1) is 14.9. The summed E-state index contributed by atoms with van der Waals surface area (Å²) in [6.07, 6.45) is 2.32. The van der Waals surface area contributed by atoms with Crippen LogP contribution in [0.4, 0.5) is 0 Å². The number of amides is 1. The van der Waals surface area contributed by atoms with Gasteiger partial charge in [-0.15, -0.1) is 0 Å². The van der Waals surface area contributed by atoms with Crippen LogP contribution >= 0.6 is 0 Å². The van der Waals surface area contributed by atoms with E-state index in [1.807, 2.05) is 0 Å². The second kappa shape index (κ2) is 6.48. The van der Waals surface area contributed by atoms with Gasteiger partial charge in [-0.25, -0.2) is 0 Å². The molecule has 1 unspecified atom stereocenters. The summed E-state index contributed by atoms with van der Waals surface area (Å²) in [6, 6.07) is 5.10. The van der Waals surface area contributed by atoms with Crippen LogP contribution in [-0.2, 0) is 11.2 Å². The van der Waals surface area contributed by atoms with Crippen molar-refractivity contribution >= 4 is 5.91 Å². The average Bonchev–Trinajstić information content (AvgIpc) is 3.34. The van der Waals surface area contributed by atoms with Gasteiger partial charge in [0.1, 0.15) is 6.10 Å². The smallest absolute Gasteiger partial charge is 0.255 e.